The predicted molar refractivity (Wildman–Crippen MR) is 61.7 cm³/mol. The maximum atomic E-state index is 4.22. The lowest BCUT2D eigenvalue weighted by molar-refractivity contribution is 0.455. The first-order valence-electron chi connectivity index (χ1n) is 5.92. The molecule has 0 bridgehead atoms. The van der Waals surface area contributed by atoms with Gasteiger partial charge >= 0.3 is 0 Å². The summed E-state index contributed by atoms with van der Waals surface area (Å²) in [4.78, 5) is 0. The van der Waals surface area contributed by atoms with Gasteiger partial charge in [-0.25, -0.2) is 0 Å². The predicted octanol–water partition coefficient (Wildman–Crippen LogP) is 1.74. The lowest BCUT2D eigenvalue weighted by atomic mass is 9.98. The highest BCUT2D eigenvalue weighted by molar-refractivity contribution is 5.12. The third-order valence-electron chi connectivity index (χ3n) is 3.22. The van der Waals surface area contributed by atoms with Crippen LogP contribution in [0.4, 0.5) is 0 Å². The first kappa shape index (κ1) is 10.7. The van der Waals surface area contributed by atoms with Crippen LogP contribution < -0.4 is 5.32 Å². The Morgan fingerprint density at radius 3 is 2.87 bits per heavy atom. The Morgan fingerprint density at radius 1 is 1.53 bits per heavy atom. The van der Waals surface area contributed by atoms with Gasteiger partial charge in [-0.15, -0.1) is 0 Å². The molecule has 0 amide bonds. The Morgan fingerprint density at radius 2 is 2.33 bits per heavy atom. The smallest absolute Gasteiger partial charge is 0.0521 e. The van der Waals surface area contributed by atoms with Crippen molar-refractivity contribution in [1.82, 2.24) is 15.1 Å². The van der Waals surface area contributed by atoms with E-state index >= 15 is 0 Å². The van der Waals surface area contributed by atoms with Crippen molar-refractivity contribution in [3.63, 3.8) is 0 Å². The number of aryl methyl sites for hydroxylation is 1. The molecule has 1 aliphatic carbocycles. The fourth-order valence-corrected chi connectivity index (χ4v) is 2.12. The summed E-state index contributed by atoms with van der Waals surface area (Å²) < 4.78 is 1.89. The van der Waals surface area contributed by atoms with Gasteiger partial charge in [-0.1, -0.05) is 6.92 Å². The Balaban J connectivity index is 1.83. The molecule has 1 saturated carbocycles. The highest BCUT2D eigenvalue weighted by atomic mass is 15.2. The summed E-state index contributed by atoms with van der Waals surface area (Å²) in [5, 5.41) is 7.76. The number of hydrogen-bond donors (Lipinski definition) is 1. The van der Waals surface area contributed by atoms with Gasteiger partial charge in [0.25, 0.3) is 0 Å². The van der Waals surface area contributed by atoms with Crippen molar-refractivity contribution in [2.24, 2.45) is 12.5 Å². The van der Waals surface area contributed by atoms with Gasteiger partial charge in [0, 0.05) is 19.8 Å². The SMILES string of the molecule is CCCNCC1(Cc2cnn(C)c2)CC1. The number of nitrogens with zero attached hydrogens (tertiary/aromatic N) is 2. The molecule has 3 heteroatoms. The molecule has 0 aliphatic heterocycles. The summed E-state index contributed by atoms with van der Waals surface area (Å²) in [7, 11) is 1.98. The van der Waals surface area contributed by atoms with Gasteiger partial charge in [0.15, 0.2) is 0 Å². The van der Waals surface area contributed by atoms with Crippen LogP contribution in [0.25, 0.3) is 0 Å². The van der Waals surface area contributed by atoms with E-state index in [1.165, 1.54) is 37.8 Å². The van der Waals surface area contributed by atoms with Crippen molar-refractivity contribution >= 4 is 0 Å². The summed E-state index contributed by atoms with van der Waals surface area (Å²) in [5.74, 6) is 0. The molecule has 0 spiro atoms. The lowest BCUT2D eigenvalue weighted by Gasteiger charge is -2.14. The maximum absolute atomic E-state index is 4.22. The third-order valence-corrected chi connectivity index (χ3v) is 3.22. The van der Waals surface area contributed by atoms with Crippen molar-refractivity contribution in [2.75, 3.05) is 13.1 Å². The van der Waals surface area contributed by atoms with Crippen LogP contribution in [0.5, 0.6) is 0 Å². The van der Waals surface area contributed by atoms with E-state index in [1.54, 1.807) is 0 Å². The molecule has 2 rings (SSSR count). The molecule has 1 aliphatic rings. The lowest BCUT2D eigenvalue weighted by Crippen LogP contribution is -2.26. The van der Waals surface area contributed by atoms with Crippen LogP contribution >= 0.6 is 0 Å². The zero-order valence-electron chi connectivity index (χ0n) is 9.79. The molecule has 84 valence electrons. The summed E-state index contributed by atoms with van der Waals surface area (Å²) >= 11 is 0. The highest BCUT2D eigenvalue weighted by Crippen LogP contribution is 2.47. The quantitative estimate of drug-likeness (QED) is 0.720. The maximum Gasteiger partial charge on any atom is 0.0521 e. The summed E-state index contributed by atoms with van der Waals surface area (Å²) in [6.07, 6.45) is 9.30. The van der Waals surface area contributed by atoms with Crippen LogP contribution in [-0.2, 0) is 13.5 Å². The zero-order chi connectivity index (χ0) is 10.7. The Kier molecular flexibility index (Phi) is 3.10. The van der Waals surface area contributed by atoms with Crippen LogP contribution in [0.15, 0.2) is 12.4 Å². The van der Waals surface area contributed by atoms with Gasteiger partial charge in [-0.2, -0.15) is 5.10 Å². The average molecular weight is 207 g/mol. The normalized spacial score (nSPS) is 18.0. The summed E-state index contributed by atoms with van der Waals surface area (Å²) in [6, 6.07) is 0. The second-order valence-corrected chi connectivity index (χ2v) is 4.88. The molecule has 0 radical (unpaired) electrons. The second-order valence-electron chi connectivity index (χ2n) is 4.88. The number of rotatable bonds is 6. The molecular weight excluding hydrogens is 186 g/mol. The van der Waals surface area contributed by atoms with Crippen molar-refractivity contribution in [3.05, 3.63) is 18.0 Å². The Bertz CT molecular complexity index is 312. The van der Waals surface area contributed by atoms with Crippen LogP contribution in [0.2, 0.25) is 0 Å². The molecular formula is C12H21N3. The van der Waals surface area contributed by atoms with E-state index in [-0.39, 0.29) is 0 Å². The third kappa shape index (κ3) is 2.81. The van der Waals surface area contributed by atoms with E-state index in [0.717, 1.165) is 6.54 Å². The van der Waals surface area contributed by atoms with E-state index in [9.17, 15) is 0 Å². The second kappa shape index (κ2) is 4.35. The van der Waals surface area contributed by atoms with Gasteiger partial charge in [-0.05, 0) is 43.2 Å². The Labute approximate surface area is 91.9 Å². The number of aromatic nitrogens is 2. The van der Waals surface area contributed by atoms with E-state index in [1.807, 2.05) is 17.9 Å². The molecule has 1 heterocycles. The average Bonchev–Trinajstić information content (AvgIpc) is 2.84. The standard InChI is InChI=1S/C12H21N3/c1-3-6-13-10-12(4-5-12)7-11-8-14-15(2)9-11/h8-9,13H,3-7,10H2,1-2H3. The van der Waals surface area contributed by atoms with Crippen LogP contribution in [0, 0.1) is 5.41 Å². The van der Waals surface area contributed by atoms with Crippen LogP contribution in [0.1, 0.15) is 31.7 Å². The van der Waals surface area contributed by atoms with E-state index < -0.39 is 0 Å². The van der Waals surface area contributed by atoms with Gasteiger partial charge in [0.05, 0.1) is 6.20 Å². The summed E-state index contributed by atoms with van der Waals surface area (Å²) in [6.45, 7) is 4.54. The van der Waals surface area contributed by atoms with E-state index in [2.05, 4.69) is 23.5 Å². The van der Waals surface area contributed by atoms with Gasteiger partial charge in [-0.3, -0.25) is 4.68 Å². The van der Waals surface area contributed by atoms with E-state index in [4.69, 9.17) is 0 Å². The minimum Gasteiger partial charge on any atom is -0.316 e. The van der Waals surface area contributed by atoms with Crippen molar-refractivity contribution in [3.8, 4) is 0 Å². The summed E-state index contributed by atoms with van der Waals surface area (Å²) in [5.41, 5.74) is 1.94. The fourth-order valence-electron chi connectivity index (χ4n) is 2.12. The minimum atomic E-state index is 0.554. The minimum absolute atomic E-state index is 0.554. The molecule has 0 aromatic carbocycles. The first-order chi connectivity index (χ1) is 7.24. The van der Waals surface area contributed by atoms with E-state index in [0.29, 0.717) is 5.41 Å². The topological polar surface area (TPSA) is 29.9 Å². The molecule has 15 heavy (non-hydrogen) atoms. The molecule has 0 unspecified atom stereocenters. The van der Waals surface area contributed by atoms with Gasteiger partial charge < -0.3 is 5.32 Å². The molecule has 1 aromatic rings. The molecule has 1 aromatic heterocycles. The molecule has 1 N–H and O–H groups in total. The van der Waals surface area contributed by atoms with Crippen molar-refractivity contribution < 1.29 is 0 Å². The molecule has 0 atom stereocenters. The molecule has 0 saturated heterocycles. The number of hydrogen-bond acceptors (Lipinski definition) is 2. The van der Waals surface area contributed by atoms with Crippen LogP contribution in [-0.4, -0.2) is 22.9 Å². The highest BCUT2D eigenvalue weighted by Gasteiger charge is 2.42. The van der Waals surface area contributed by atoms with Crippen molar-refractivity contribution in [2.45, 2.75) is 32.6 Å². The number of nitrogens with one attached hydrogen (secondary N) is 1. The van der Waals surface area contributed by atoms with Crippen molar-refractivity contribution in [1.29, 1.82) is 0 Å². The largest absolute Gasteiger partial charge is 0.316 e. The van der Waals surface area contributed by atoms with Crippen LogP contribution in [0.3, 0.4) is 0 Å². The monoisotopic (exact) mass is 207 g/mol. The molecule has 3 nitrogen and oxygen atoms in total. The first-order valence-corrected chi connectivity index (χ1v) is 5.92. The zero-order valence-corrected chi connectivity index (χ0v) is 9.79. The fraction of sp³-hybridized carbons (Fsp3) is 0.750. The van der Waals surface area contributed by atoms with Gasteiger partial charge in [0.2, 0.25) is 0 Å². The Hall–Kier alpha value is -0.830. The van der Waals surface area contributed by atoms with Gasteiger partial charge in [0.1, 0.15) is 0 Å². The molecule has 1 fully saturated rings.